The molecular weight excluding hydrogens is 308 g/mol. The van der Waals surface area contributed by atoms with E-state index in [9.17, 15) is 24.0 Å². The van der Waals surface area contributed by atoms with E-state index >= 15 is 0 Å². The Labute approximate surface area is 133 Å². The molecule has 0 atom stereocenters. The summed E-state index contributed by atoms with van der Waals surface area (Å²) in [6.45, 7) is -0.669. The molecule has 0 aliphatic rings. The molecule has 0 aliphatic carbocycles. The summed E-state index contributed by atoms with van der Waals surface area (Å²) in [5, 5.41) is 12.9. The summed E-state index contributed by atoms with van der Waals surface area (Å²) in [5.74, 6) is -2.65. The number of esters is 1. The number of nitrogens with one attached hydrogen (secondary N) is 2. The Morgan fingerprint density at radius 3 is 2.00 bits per heavy atom. The average Bonchev–Trinajstić information content (AvgIpc) is 2.52. The number of amides is 2. The molecule has 0 saturated carbocycles. The largest absolute Gasteiger partial charge is 0.480 e. The van der Waals surface area contributed by atoms with Crippen LogP contribution in [0, 0.1) is 0 Å². The fourth-order valence-corrected chi connectivity index (χ4v) is 1.55. The smallest absolute Gasteiger partial charge is 0.322 e. The summed E-state index contributed by atoms with van der Waals surface area (Å²) in [5.41, 5.74) is 0. The predicted molar refractivity (Wildman–Crippen MR) is 78.4 cm³/mol. The molecule has 0 rings (SSSR count). The third-order valence-corrected chi connectivity index (χ3v) is 2.81. The van der Waals surface area contributed by atoms with Gasteiger partial charge in [-0.3, -0.25) is 24.0 Å². The van der Waals surface area contributed by atoms with Crippen molar-refractivity contribution in [3.05, 3.63) is 0 Å². The van der Waals surface area contributed by atoms with Gasteiger partial charge >= 0.3 is 11.9 Å². The van der Waals surface area contributed by atoms with E-state index in [1.807, 2.05) is 0 Å². The van der Waals surface area contributed by atoms with Crippen LogP contribution in [-0.4, -0.2) is 54.8 Å². The quantitative estimate of drug-likeness (QED) is 0.320. The van der Waals surface area contributed by atoms with Gasteiger partial charge in [-0.1, -0.05) is 0 Å². The van der Waals surface area contributed by atoms with E-state index < -0.39 is 18.4 Å². The number of ketones is 1. The van der Waals surface area contributed by atoms with Crippen LogP contribution < -0.4 is 10.6 Å². The molecular formula is C14H22N2O7. The average molecular weight is 330 g/mol. The second-order valence-corrected chi connectivity index (χ2v) is 4.77. The molecule has 0 saturated heterocycles. The van der Waals surface area contributed by atoms with Crippen molar-refractivity contribution in [3.63, 3.8) is 0 Å². The molecule has 0 aromatic rings. The van der Waals surface area contributed by atoms with Gasteiger partial charge in [-0.05, 0) is 12.8 Å². The summed E-state index contributed by atoms with van der Waals surface area (Å²) in [6, 6.07) is 0. The number of aliphatic carboxylic acids is 1. The minimum Gasteiger partial charge on any atom is -0.480 e. The number of unbranched alkanes of at least 4 members (excludes halogenated alkanes) is 1. The van der Waals surface area contributed by atoms with Gasteiger partial charge in [0.25, 0.3) is 0 Å². The van der Waals surface area contributed by atoms with Crippen molar-refractivity contribution in [2.24, 2.45) is 0 Å². The van der Waals surface area contributed by atoms with Gasteiger partial charge in [0.15, 0.2) is 5.78 Å². The van der Waals surface area contributed by atoms with Crippen LogP contribution in [0.5, 0.6) is 0 Å². The van der Waals surface area contributed by atoms with Crippen LogP contribution in [0.1, 0.15) is 38.5 Å². The number of carbonyl (C=O) groups is 5. The van der Waals surface area contributed by atoms with Crippen LogP contribution in [0.25, 0.3) is 0 Å². The molecule has 0 aromatic carbocycles. The lowest BCUT2D eigenvalue weighted by Gasteiger charge is -2.05. The van der Waals surface area contributed by atoms with Crippen LogP contribution in [0.15, 0.2) is 0 Å². The van der Waals surface area contributed by atoms with E-state index in [0.29, 0.717) is 12.8 Å². The maximum atomic E-state index is 11.5. The molecule has 23 heavy (non-hydrogen) atoms. The number of Topliss-reactive ketones (excluding diaryl/α,β-unsaturated/α-hetero) is 1. The minimum absolute atomic E-state index is 0.0753. The highest BCUT2D eigenvalue weighted by molar-refractivity contribution is 5.89. The number of hydrogen-bond acceptors (Lipinski definition) is 6. The standard InChI is InChI=1S/C14H22N2O7/c1-23-14(22)5-3-2-4-11(18)15-8-10(17)6-7-12(19)16-9-13(20)21/h2-9H2,1H3,(H,15,18)(H,16,19)(H,20,21). The molecule has 0 aliphatic heterocycles. The zero-order chi connectivity index (χ0) is 17.7. The first-order valence-electron chi connectivity index (χ1n) is 7.19. The Bertz CT molecular complexity index is 448. The van der Waals surface area contributed by atoms with Crippen LogP contribution in [0.3, 0.4) is 0 Å². The van der Waals surface area contributed by atoms with E-state index in [1.165, 1.54) is 7.11 Å². The van der Waals surface area contributed by atoms with E-state index in [4.69, 9.17) is 5.11 Å². The second kappa shape index (κ2) is 12.1. The Balaban J connectivity index is 3.68. The number of rotatable bonds is 12. The van der Waals surface area contributed by atoms with E-state index in [0.717, 1.165) is 0 Å². The van der Waals surface area contributed by atoms with Gasteiger partial charge in [0.1, 0.15) is 6.54 Å². The van der Waals surface area contributed by atoms with Crippen molar-refractivity contribution in [1.82, 2.24) is 10.6 Å². The van der Waals surface area contributed by atoms with Gasteiger partial charge in [-0.2, -0.15) is 0 Å². The molecule has 0 spiro atoms. The van der Waals surface area contributed by atoms with Gasteiger partial charge in [-0.15, -0.1) is 0 Å². The lowest BCUT2D eigenvalue weighted by atomic mass is 10.2. The third-order valence-electron chi connectivity index (χ3n) is 2.81. The van der Waals surface area contributed by atoms with Crippen molar-refractivity contribution >= 4 is 29.5 Å². The first kappa shape index (κ1) is 20.6. The van der Waals surface area contributed by atoms with Crippen molar-refractivity contribution in [3.8, 4) is 0 Å². The highest BCUT2D eigenvalue weighted by atomic mass is 16.5. The lowest BCUT2D eigenvalue weighted by Crippen LogP contribution is -2.32. The summed E-state index contributed by atoms with van der Waals surface area (Å²) in [7, 11) is 1.29. The summed E-state index contributed by atoms with van der Waals surface area (Å²) >= 11 is 0. The monoisotopic (exact) mass is 330 g/mol. The highest BCUT2D eigenvalue weighted by Crippen LogP contribution is 2.01. The van der Waals surface area contributed by atoms with E-state index in [-0.39, 0.29) is 49.9 Å². The molecule has 0 unspecified atom stereocenters. The van der Waals surface area contributed by atoms with Gasteiger partial charge in [0.2, 0.25) is 11.8 Å². The molecule has 0 aromatic heterocycles. The van der Waals surface area contributed by atoms with Gasteiger partial charge in [-0.25, -0.2) is 0 Å². The summed E-state index contributed by atoms with van der Waals surface area (Å²) in [4.78, 5) is 55.2. The fraction of sp³-hybridized carbons (Fsp3) is 0.643. The molecule has 0 radical (unpaired) electrons. The SMILES string of the molecule is COC(=O)CCCCC(=O)NCC(=O)CCC(=O)NCC(=O)O. The number of methoxy groups -OCH3 is 1. The van der Waals surface area contributed by atoms with Gasteiger partial charge in [0.05, 0.1) is 13.7 Å². The maximum Gasteiger partial charge on any atom is 0.322 e. The van der Waals surface area contributed by atoms with Crippen molar-refractivity contribution in [2.45, 2.75) is 38.5 Å². The number of carboxylic acids is 1. The molecule has 0 bridgehead atoms. The third kappa shape index (κ3) is 13.0. The topological polar surface area (TPSA) is 139 Å². The number of ether oxygens (including phenoxy) is 1. The zero-order valence-electron chi connectivity index (χ0n) is 13.1. The minimum atomic E-state index is -1.16. The molecule has 130 valence electrons. The Morgan fingerprint density at radius 2 is 1.39 bits per heavy atom. The lowest BCUT2D eigenvalue weighted by molar-refractivity contribution is -0.141. The maximum absolute atomic E-state index is 11.5. The van der Waals surface area contributed by atoms with Crippen LogP contribution in [0.4, 0.5) is 0 Å². The van der Waals surface area contributed by atoms with Crippen LogP contribution in [-0.2, 0) is 28.7 Å². The second-order valence-electron chi connectivity index (χ2n) is 4.77. The Morgan fingerprint density at radius 1 is 0.826 bits per heavy atom. The summed E-state index contributed by atoms with van der Waals surface area (Å²) < 4.78 is 4.46. The van der Waals surface area contributed by atoms with Crippen molar-refractivity contribution in [1.29, 1.82) is 0 Å². The van der Waals surface area contributed by atoms with E-state index in [1.54, 1.807) is 0 Å². The normalized spacial score (nSPS) is 9.78. The molecule has 0 heterocycles. The Kier molecular flexibility index (Phi) is 10.8. The number of hydrogen-bond donors (Lipinski definition) is 3. The molecule has 3 N–H and O–H groups in total. The Hall–Kier alpha value is -2.45. The number of carbonyl (C=O) groups excluding carboxylic acids is 4. The molecule has 0 fully saturated rings. The molecule has 2 amide bonds. The van der Waals surface area contributed by atoms with Crippen molar-refractivity contribution in [2.75, 3.05) is 20.2 Å². The molecule has 9 heteroatoms. The predicted octanol–water partition coefficient (Wildman–Crippen LogP) is -0.614. The molecule has 9 nitrogen and oxygen atoms in total. The van der Waals surface area contributed by atoms with Crippen molar-refractivity contribution < 1.29 is 33.8 Å². The zero-order valence-corrected chi connectivity index (χ0v) is 13.1. The van der Waals surface area contributed by atoms with Crippen LogP contribution in [0.2, 0.25) is 0 Å². The first-order valence-corrected chi connectivity index (χ1v) is 7.19. The highest BCUT2D eigenvalue weighted by Gasteiger charge is 2.10. The summed E-state index contributed by atoms with van der Waals surface area (Å²) in [6.07, 6.45) is 1.28. The van der Waals surface area contributed by atoms with Gasteiger partial charge in [0, 0.05) is 25.7 Å². The van der Waals surface area contributed by atoms with Gasteiger partial charge < -0.3 is 20.5 Å². The first-order chi connectivity index (χ1) is 10.8. The fourth-order valence-electron chi connectivity index (χ4n) is 1.55. The number of carboxylic acid groups (broad SMARTS) is 1. The van der Waals surface area contributed by atoms with Crippen LogP contribution >= 0.6 is 0 Å². The van der Waals surface area contributed by atoms with E-state index in [2.05, 4.69) is 15.4 Å².